The molecule has 2 saturated heterocycles. The van der Waals surface area contributed by atoms with Crippen molar-refractivity contribution in [2.45, 2.75) is 51.0 Å². The molecule has 0 amide bonds. The van der Waals surface area contributed by atoms with E-state index in [0.29, 0.717) is 24.8 Å². The molecule has 3 atom stereocenters. The van der Waals surface area contributed by atoms with E-state index in [9.17, 15) is 0 Å². The lowest BCUT2D eigenvalue weighted by Gasteiger charge is -2.22. The van der Waals surface area contributed by atoms with E-state index in [2.05, 4.69) is 60.8 Å². The summed E-state index contributed by atoms with van der Waals surface area (Å²) in [6.07, 6.45) is 4.31. The number of aliphatic imine (C=N–C) groups is 1. The Kier molecular flexibility index (Phi) is 5.06. The molecule has 23 heavy (non-hydrogen) atoms. The van der Waals surface area contributed by atoms with Gasteiger partial charge in [-0.2, -0.15) is 0 Å². The quantitative estimate of drug-likeness (QED) is 0.645. The first-order valence-electron chi connectivity index (χ1n) is 8.62. The number of hydrogen-bond acceptors (Lipinski definition) is 3. The summed E-state index contributed by atoms with van der Waals surface area (Å²) in [5.41, 5.74) is 2.43. The van der Waals surface area contributed by atoms with Gasteiger partial charge in [-0.1, -0.05) is 12.1 Å². The zero-order chi connectivity index (χ0) is 16.2. The first-order chi connectivity index (χ1) is 11.2. The zero-order valence-corrected chi connectivity index (χ0v) is 14.4. The van der Waals surface area contributed by atoms with E-state index in [1.54, 1.807) is 0 Å². The first-order valence-corrected chi connectivity index (χ1v) is 8.62. The van der Waals surface area contributed by atoms with Crippen molar-refractivity contribution >= 4 is 11.6 Å². The van der Waals surface area contributed by atoms with Crippen LogP contribution in [0, 0.1) is 0 Å². The molecule has 0 spiro atoms. The molecule has 0 saturated carbocycles. The molecule has 2 aliphatic heterocycles. The number of nitrogens with zero attached hydrogens (tertiary/aromatic N) is 2. The summed E-state index contributed by atoms with van der Waals surface area (Å²) in [4.78, 5) is 6.87. The maximum absolute atomic E-state index is 5.92. The minimum atomic E-state index is 0.362. The summed E-state index contributed by atoms with van der Waals surface area (Å²) in [7, 11) is 4.12. The highest BCUT2D eigenvalue weighted by Gasteiger charge is 2.41. The highest BCUT2D eigenvalue weighted by atomic mass is 16.5. The van der Waals surface area contributed by atoms with E-state index >= 15 is 0 Å². The van der Waals surface area contributed by atoms with Gasteiger partial charge in [0.2, 0.25) is 0 Å². The highest BCUT2D eigenvalue weighted by molar-refractivity contribution is 5.80. The third-order valence-electron chi connectivity index (χ3n) is 4.62. The van der Waals surface area contributed by atoms with E-state index < -0.39 is 0 Å². The van der Waals surface area contributed by atoms with Crippen LogP contribution in [0.15, 0.2) is 29.3 Å². The van der Waals surface area contributed by atoms with Crippen LogP contribution in [0.2, 0.25) is 0 Å². The van der Waals surface area contributed by atoms with Crippen LogP contribution in [0.3, 0.4) is 0 Å². The Morgan fingerprint density at radius 2 is 2.22 bits per heavy atom. The SMILES string of the molecule is CCNC(=NCc1cccc(N(C)C)c1)NC1CC2CCC1O2. The lowest BCUT2D eigenvalue weighted by molar-refractivity contribution is 0.0992. The molecular weight excluding hydrogens is 288 g/mol. The zero-order valence-electron chi connectivity index (χ0n) is 14.4. The highest BCUT2D eigenvalue weighted by Crippen LogP contribution is 2.34. The van der Waals surface area contributed by atoms with Gasteiger partial charge in [0.1, 0.15) is 0 Å². The van der Waals surface area contributed by atoms with Crippen molar-refractivity contribution in [2.24, 2.45) is 4.99 Å². The number of benzene rings is 1. The number of rotatable bonds is 5. The fourth-order valence-corrected chi connectivity index (χ4v) is 3.39. The Morgan fingerprint density at radius 1 is 1.35 bits per heavy atom. The third kappa shape index (κ3) is 3.96. The van der Waals surface area contributed by atoms with Gasteiger partial charge in [0, 0.05) is 26.3 Å². The number of fused-ring (bicyclic) bond motifs is 2. The predicted octanol–water partition coefficient (Wildman–Crippen LogP) is 2.13. The van der Waals surface area contributed by atoms with Gasteiger partial charge in [0.15, 0.2) is 5.96 Å². The van der Waals surface area contributed by atoms with Gasteiger partial charge in [0.25, 0.3) is 0 Å². The van der Waals surface area contributed by atoms with Crippen molar-refractivity contribution < 1.29 is 4.74 Å². The topological polar surface area (TPSA) is 48.9 Å². The van der Waals surface area contributed by atoms with E-state index in [-0.39, 0.29) is 0 Å². The number of nitrogens with one attached hydrogen (secondary N) is 2. The van der Waals surface area contributed by atoms with Crippen molar-refractivity contribution in [3.63, 3.8) is 0 Å². The second-order valence-electron chi connectivity index (χ2n) is 6.62. The predicted molar refractivity (Wildman–Crippen MR) is 95.0 cm³/mol. The number of anilines is 1. The molecule has 3 unspecified atom stereocenters. The van der Waals surface area contributed by atoms with Crippen molar-refractivity contribution in [1.82, 2.24) is 10.6 Å². The van der Waals surface area contributed by atoms with Gasteiger partial charge in [-0.3, -0.25) is 0 Å². The van der Waals surface area contributed by atoms with Crippen molar-refractivity contribution in [1.29, 1.82) is 0 Å². The molecule has 1 aromatic carbocycles. The average molecular weight is 316 g/mol. The molecule has 5 nitrogen and oxygen atoms in total. The molecule has 1 aromatic rings. The third-order valence-corrected chi connectivity index (χ3v) is 4.62. The largest absolute Gasteiger partial charge is 0.378 e. The van der Waals surface area contributed by atoms with Gasteiger partial charge in [0.05, 0.1) is 24.8 Å². The van der Waals surface area contributed by atoms with E-state index in [1.807, 2.05) is 0 Å². The monoisotopic (exact) mass is 316 g/mol. The minimum absolute atomic E-state index is 0.362. The van der Waals surface area contributed by atoms with Crippen LogP contribution in [0.4, 0.5) is 5.69 Å². The Morgan fingerprint density at radius 3 is 2.87 bits per heavy atom. The lowest BCUT2D eigenvalue weighted by atomic mass is 9.96. The lowest BCUT2D eigenvalue weighted by Crippen LogP contribution is -2.47. The molecule has 0 aliphatic carbocycles. The maximum Gasteiger partial charge on any atom is 0.191 e. The molecular formula is C18H28N4O. The molecule has 5 heteroatoms. The summed E-state index contributed by atoms with van der Waals surface area (Å²) in [6, 6.07) is 8.92. The molecule has 0 radical (unpaired) electrons. The fourth-order valence-electron chi connectivity index (χ4n) is 3.39. The van der Waals surface area contributed by atoms with Crippen molar-refractivity contribution in [3.8, 4) is 0 Å². The number of guanidine groups is 1. The van der Waals surface area contributed by atoms with E-state index in [0.717, 1.165) is 18.9 Å². The van der Waals surface area contributed by atoms with E-state index in [4.69, 9.17) is 9.73 Å². The van der Waals surface area contributed by atoms with Gasteiger partial charge in [-0.15, -0.1) is 0 Å². The van der Waals surface area contributed by atoms with Crippen LogP contribution < -0.4 is 15.5 Å². The van der Waals surface area contributed by atoms with Crippen LogP contribution in [0.5, 0.6) is 0 Å². The molecule has 2 aliphatic rings. The first kappa shape index (κ1) is 16.1. The van der Waals surface area contributed by atoms with Crippen molar-refractivity contribution in [2.75, 3.05) is 25.5 Å². The second-order valence-corrected chi connectivity index (χ2v) is 6.62. The van der Waals surface area contributed by atoms with Crippen LogP contribution in [-0.2, 0) is 11.3 Å². The Balaban J connectivity index is 1.63. The van der Waals surface area contributed by atoms with Crippen LogP contribution in [0.25, 0.3) is 0 Å². The summed E-state index contributed by atoms with van der Waals surface area (Å²) in [5, 5.41) is 6.91. The van der Waals surface area contributed by atoms with Gasteiger partial charge >= 0.3 is 0 Å². The maximum atomic E-state index is 5.92. The van der Waals surface area contributed by atoms with E-state index in [1.165, 1.54) is 24.1 Å². The van der Waals surface area contributed by atoms with Gasteiger partial charge in [-0.05, 0) is 43.9 Å². The minimum Gasteiger partial charge on any atom is -0.378 e. The summed E-state index contributed by atoms with van der Waals surface area (Å²) >= 11 is 0. The van der Waals surface area contributed by atoms with Gasteiger partial charge < -0.3 is 20.3 Å². The molecule has 0 aromatic heterocycles. The Labute approximate surface area is 139 Å². The summed E-state index contributed by atoms with van der Waals surface area (Å²) < 4.78 is 5.92. The van der Waals surface area contributed by atoms with Crippen LogP contribution in [0.1, 0.15) is 31.7 Å². The van der Waals surface area contributed by atoms with Gasteiger partial charge in [-0.25, -0.2) is 4.99 Å². The smallest absolute Gasteiger partial charge is 0.191 e. The van der Waals surface area contributed by atoms with Crippen LogP contribution >= 0.6 is 0 Å². The number of ether oxygens (including phenoxy) is 1. The second kappa shape index (κ2) is 7.21. The molecule has 2 bridgehead atoms. The molecule has 2 N–H and O–H groups in total. The fraction of sp³-hybridized carbons (Fsp3) is 0.611. The molecule has 2 fully saturated rings. The molecule has 3 rings (SSSR count). The standard InChI is InChI=1S/C18H28N4O/c1-4-19-18(21-16-11-15-8-9-17(16)23-15)20-12-13-6-5-7-14(10-13)22(2)3/h5-7,10,15-17H,4,8-9,11-12H2,1-3H3,(H2,19,20,21). The van der Waals surface area contributed by atoms with Crippen LogP contribution in [-0.4, -0.2) is 44.8 Å². The normalized spacial score (nSPS) is 26.4. The Hall–Kier alpha value is -1.75. The molecule has 2 heterocycles. The molecule has 126 valence electrons. The average Bonchev–Trinajstić information content (AvgIpc) is 3.16. The summed E-state index contributed by atoms with van der Waals surface area (Å²) in [6.45, 7) is 3.64. The number of hydrogen-bond donors (Lipinski definition) is 2. The summed E-state index contributed by atoms with van der Waals surface area (Å²) in [5.74, 6) is 0.893. The Bertz CT molecular complexity index is 558. The van der Waals surface area contributed by atoms with Crippen molar-refractivity contribution in [3.05, 3.63) is 29.8 Å².